The number of hydrogen-bond acceptors (Lipinski definition) is 3. The molecule has 0 amide bonds. The smallest absolute Gasteiger partial charge is 0.119 e. The number of nitrogens with zero attached hydrogens (tertiary/aromatic N) is 3. The lowest BCUT2D eigenvalue weighted by atomic mass is 10.2. The van der Waals surface area contributed by atoms with Crippen molar-refractivity contribution in [2.75, 3.05) is 7.05 Å². The quantitative estimate of drug-likeness (QED) is 0.699. The fraction of sp³-hybridized carbons (Fsp3) is 0.750. The first-order valence-corrected chi connectivity index (χ1v) is 4.41. The first kappa shape index (κ1) is 7.73. The van der Waals surface area contributed by atoms with Gasteiger partial charge in [-0.05, 0) is 26.3 Å². The highest BCUT2D eigenvalue weighted by atomic mass is 15.2. The van der Waals surface area contributed by atoms with Gasteiger partial charge in [-0.15, -0.1) is 10.2 Å². The first-order valence-electron chi connectivity index (χ1n) is 4.41. The van der Waals surface area contributed by atoms with Crippen LogP contribution in [0.4, 0.5) is 0 Å². The Morgan fingerprint density at radius 1 is 1.33 bits per heavy atom. The van der Waals surface area contributed by atoms with Crippen LogP contribution in [0.1, 0.15) is 25.3 Å². The van der Waals surface area contributed by atoms with Crippen molar-refractivity contribution in [2.45, 2.75) is 31.3 Å². The van der Waals surface area contributed by atoms with E-state index in [1.54, 1.807) is 0 Å². The van der Waals surface area contributed by atoms with Crippen LogP contribution in [0.25, 0.3) is 0 Å². The molecule has 1 N–H and O–H groups in total. The Balaban J connectivity index is 2.00. The third-order valence-electron chi connectivity index (χ3n) is 2.67. The highest BCUT2D eigenvalue weighted by Crippen LogP contribution is 2.28. The van der Waals surface area contributed by atoms with Crippen molar-refractivity contribution >= 4 is 0 Å². The number of nitrogens with one attached hydrogen (secondary N) is 1. The van der Waals surface area contributed by atoms with E-state index in [0.29, 0.717) is 12.1 Å². The summed E-state index contributed by atoms with van der Waals surface area (Å²) < 4.78 is 2.11. The summed E-state index contributed by atoms with van der Waals surface area (Å²) in [5.41, 5.74) is 0. The molecule has 66 valence electrons. The molecule has 0 saturated heterocycles. The molecule has 2 unspecified atom stereocenters. The number of rotatable bonds is 2. The molecule has 1 aromatic heterocycles. The SMILES string of the molecule is CNC1CCC(n2cnnc2)C1. The second-order valence-corrected chi connectivity index (χ2v) is 3.36. The Kier molecular flexibility index (Phi) is 2.08. The van der Waals surface area contributed by atoms with Crippen LogP contribution >= 0.6 is 0 Å². The average molecular weight is 166 g/mol. The Morgan fingerprint density at radius 3 is 2.67 bits per heavy atom. The zero-order valence-corrected chi connectivity index (χ0v) is 7.27. The molecule has 4 heteroatoms. The number of hydrogen-bond donors (Lipinski definition) is 1. The van der Waals surface area contributed by atoms with E-state index >= 15 is 0 Å². The van der Waals surface area contributed by atoms with Crippen molar-refractivity contribution in [2.24, 2.45) is 0 Å². The maximum Gasteiger partial charge on any atom is 0.119 e. The normalized spacial score (nSPS) is 29.4. The topological polar surface area (TPSA) is 42.7 Å². The highest BCUT2D eigenvalue weighted by molar-refractivity contribution is 4.84. The fourth-order valence-corrected chi connectivity index (χ4v) is 1.89. The number of aromatic nitrogens is 3. The van der Waals surface area contributed by atoms with E-state index in [1.807, 2.05) is 19.7 Å². The summed E-state index contributed by atoms with van der Waals surface area (Å²) in [6.07, 6.45) is 7.32. The minimum Gasteiger partial charge on any atom is -0.317 e. The van der Waals surface area contributed by atoms with Gasteiger partial charge >= 0.3 is 0 Å². The van der Waals surface area contributed by atoms with Crippen molar-refractivity contribution in [3.63, 3.8) is 0 Å². The van der Waals surface area contributed by atoms with E-state index in [0.717, 1.165) is 0 Å². The molecule has 1 fully saturated rings. The molecule has 2 rings (SSSR count). The zero-order chi connectivity index (χ0) is 8.39. The molecule has 1 aliphatic carbocycles. The summed E-state index contributed by atoms with van der Waals surface area (Å²) in [7, 11) is 2.03. The second kappa shape index (κ2) is 3.23. The van der Waals surface area contributed by atoms with Crippen molar-refractivity contribution in [1.82, 2.24) is 20.1 Å². The maximum atomic E-state index is 3.81. The predicted molar refractivity (Wildman–Crippen MR) is 45.8 cm³/mol. The molecule has 4 nitrogen and oxygen atoms in total. The molecule has 12 heavy (non-hydrogen) atoms. The van der Waals surface area contributed by atoms with Gasteiger partial charge in [0, 0.05) is 12.1 Å². The van der Waals surface area contributed by atoms with Crippen LogP contribution in [0.3, 0.4) is 0 Å². The van der Waals surface area contributed by atoms with E-state index in [2.05, 4.69) is 20.1 Å². The standard InChI is InChI=1S/C8H14N4/c1-9-7-2-3-8(4-7)12-5-10-11-6-12/h5-9H,2-4H2,1H3. The van der Waals surface area contributed by atoms with Crippen LogP contribution in [0.2, 0.25) is 0 Å². The minimum absolute atomic E-state index is 0.609. The van der Waals surface area contributed by atoms with Gasteiger partial charge in [-0.25, -0.2) is 0 Å². The predicted octanol–water partition coefficient (Wildman–Crippen LogP) is 0.591. The Bertz CT molecular complexity index is 231. The molecule has 0 aliphatic heterocycles. The summed E-state index contributed by atoms with van der Waals surface area (Å²) >= 11 is 0. The summed E-state index contributed by atoms with van der Waals surface area (Å²) in [6.45, 7) is 0. The first-order chi connectivity index (χ1) is 5.90. The van der Waals surface area contributed by atoms with Crippen LogP contribution in [0, 0.1) is 0 Å². The van der Waals surface area contributed by atoms with Crippen LogP contribution < -0.4 is 5.32 Å². The molecule has 2 atom stereocenters. The molecule has 1 aromatic rings. The van der Waals surface area contributed by atoms with Crippen molar-refractivity contribution in [1.29, 1.82) is 0 Å². The van der Waals surface area contributed by atoms with Crippen LogP contribution in [-0.2, 0) is 0 Å². The second-order valence-electron chi connectivity index (χ2n) is 3.36. The van der Waals surface area contributed by atoms with Crippen molar-refractivity contribution in [3.05, 3.63) is 12.7 Å². The highest BCUT2D eigenvalue weighted by Gasteiger charge is 2.24. The Morgan fingerprint density at radius 2 is 2.08 bits per heavy atom. The largest absolute Gasteiger partial charge is 0.317 e. The Labute approximate surface area is 72.0 Å². The van der Waals surface area contributed by atoms with Gasteiger partial charge in [-0.1, -0.05) is 0 Å². The average Bonchev–Trinajstić information content (AvgIpc) is 2.75. The van der Waals surface area contributed by atoms with Crippen molar-refractivity contribution in [3.8, 4) is 0 Å². The van der Waals surface area contributed by atoms with Crippen LogP contribution in [0.15, 0.2) is 12.7 Å². The van der Waals surface area contributed by atoms with Gasteiger partial charge in [0.15, 0.2) is 0 Å². The van der Waals surface area contributed by atoms with E-state index in [1.165, 1.54) is 19.3 Å². The van der Waals surface area contributed by atoms with E-state index < -0.39 is 0 Å². The minimum atomic E-state index is 0.609. The molecule has 1 saturated carbocycles. The third kappa shape index (κ3) is 1.34. The zero-order valence-electron chi connectivity index (χ0n) is 7.27. The monoisotopic (exact) mass is 166 g/mol. The van der Waals surface area contributed by atoms with Crippen LogP contribution in [0.5, 0.6) is 0 Å². The molecule has 0 aromatic carbocycles. The third-order valence-corrected chi connectivity index (χ3v) is 2.67. The van der Waals surface area contributed by atoms with Gasteiger partial charge < -0.3 is 9.88 Å². The lowest BCUT2D eigenvalue weighted by Crippen LogP contribution is -2.21. The van der Waals surface area contributed by atoms with E-state index in [9.17, 15) is 0 Å². The van der Waals surface area contributed by atoms with Gasteiger partial charge in [0.1, 0.15) is 12.7 Å². The summed E-state index contributed by atoms with van der Waals surface area (Å²) in [4.78, 5) is 0. The molecular formula is C8H14N4. The Hall–Kier alpha value is -0.900. The van der Waals surface area contributed by atoms with Gasteiger partial charge in [0.05, 0.1) is 0 Å². The van der Waals surface area contributed by atoms with Crippen molar-refractivity contribution < 1.29 is 0 Å². The maximum absolute atomic E-state index is 3.81. The lowest BCUT2D eigenvalue weighted by Gasteiger charge is -2.10. The molecule has 0 spiro atoms. The molecular weight excluding hydrogens is 152 g/mol. The van der Waals surface area contributed by atoms with E-state index in [4.69, 9.17) is 0 Å². The molecule has 1 heterocycles. The molecule has 1 aliphatic rings. The molecule has 0 bridgehead atoms. The lowest BCUT2D eigenvalue weighted by molar-refractivity contribution is 0.491. The van der Waals surface area contributed by atoms with Crippen LogP contribution in [-0.4, -0.2) is 27.9 Å². The van der Waals surface area contributed by atoms with Gasteiger partial charge in [-0.2, -0.15) is 0 Å². The van der Waals surface area contributed by atoms with Gasteiger partial charge in [0.2, 0.25) is 0 Å². The summed E-state index contributed by atoms with van der Waals surface area (Å²) in [5, 5.41) is 10.9. The fourth-order valence-electron chi connectivity index (χ4n) is 1.89. The summed E-state index contributed by atoms with van der Waals surface area (Å²) in [6, 6.07) is 1.29. The van der Waals surface area contributed by atoms with Gasteiger partial charge in [-0.3, -0.25) is 0 Å². The van der Waals surface area contributed by atoms with E-state index in [-0.39, 0.29) is 0 Å². The summed E-state index contributed by atoms with van der Waals surface area (Å²) in [5.74, 6) is 0. The van der Waals surface area contributed by atoms with Gasteiger partial charge in [0.25, 0.3) is 0 Å². The molecule has 0 radical (unpaired) electrons.